The molecule has 0 heterocycles. The van der Waals surface area contributed by atoms with Crippen molar-refractivity contribution in [2.45, 2.75) is 4.77 Å². The topological polar surface area (TPSA) is 118 Å². The van der Waals surface area contributed by atoms with E-state index in [1.165, 1.54) is 0 Å². The normalized spacial score (nSPS) is 11.7. The van der Waals surface area contributed by atoms with Crippen LogP contribution in [-0.2, 0) is 25.0 Å². The molecule has 0 bridgehead atoms. The predicted molar refractivity (Wildman–Crippen MR) is 36.1 cm³/mol. The van der Waals surface area contributed by atoms with E-state index in [0.29, 0.717) is 7.11 Å². The maximum atomic E-state index is 10.1. The minimum absolute atomic E-state index is 0. The monoisotopic (exact) mass is 222 g/mol. The summed E-state index contributed by atoms with van der Waals surface area (Å²) >= 11 is 0. The molecule has 0 aromatic rings. The zero-order valence-electron chi connectivity index (χ0n) is 9.33. The van der Waals surface area contributed by atoms with Gasteiger partial charge in [0.25, 0.3) is 0 Å². The largest absolute Gasteiger partial charge is 1.00 e. The molecule has 0 spiro atoms. The standard InChI is InChI=1S/C2H6O7S2.2Li.2H/c1-9-2(10(3,4)5)11(6,7)8;;;;/h2H,1H3,(H,3,4,5)(H,6,7,8);;;;/q;2*+1;2*-1. The van der Waals surface area contributed by atoms with Crippen LogP contribution in [0.2, 0.25) is 0 Å². The van der Waals surface area contributed by atoms with E-state index in [1.807, 2.05) is 0 Å². The van der Waals surface area contributed by atoms with E-state index in [0.717, 1.165) is 0 Å². The molecule has 0 aromatic carbocycles. The second-order valence-corrected chi connectivity index (χ2v) is 4.77. The third-order valence-electron chi connectivity index (χ3n) is 0.679. The molecule has 0 radical (unpaired) electrons. The zero-order valence-corrected chi connectivity index (χ0v) is 8.96. The number of rotatable bonds is 3. The summed E-state index contributed by atoms with van der Waals surface area (Å²) in [5.41, 5.74) is 0. The van der Waals surface area contributed by atoms with Crippen LogP contribution in [0.4, 0.5) is 0 Å². The van der Waals surface area contributed by atoms with Gasteiger partial charge in [0.2, 0.25) is 0 Å². The Hall–Kier alpha value is 0.975. The van der Waals surface area contributed by atoms with Gasteiger partial charge in [0.05, 0.1) is 0 Å². The summed E-state index contributed by atoms with van der Waals surface area (Å²) in [6.45, 7) is 0. The van der Waals surface area contributed by atoms with E-state index >= 15 is 0 Å². The van der Waals surface area contributed by atoms with Crippen molar-refractivity contribution in [3.8, 4) is 0 Å². The van der Waals surface area contributed by atoms with Crippen LogP contribution in [0, 0.1) is 0 Å². The van der Waals surface area contributed by atoms with E-state index in [1.54, 1.807) is 0 Å². The Labute approximate surface area is 103 Å². The Morgan fingerprint density at radius 3 is 1.31 bits per heavy atom. The molecule has 0 aliphatic carbocycles. The minimum Gasteiger partial charge on any atom is -1.00 e. The fraction of sp³-hybridized carbons (Fsp3) is 1.00. The van der Waals surface area contributed by atoms with Crippen molar-refractivity contribution < 1.29 is 71.3 Å². The molecule has 0 amide bonds. The van der Waals surface area contributed by atoms with Gasteiger partial charge < -0.3 is 7.59 Å². The quantitative estimate of drug-likeness (QED) is 0.359. The molecular formula is C2H8Li2O7S2. The number of ether oxygens (including phenoxy) is 1. The third-order valence-corrected chi connectivity index (χ3v) is 3.50. The van der Waals surface area contributed by atoms with Gasteiger partial charge in [0.15, 0.2) is 0 Å². The third kappa shape index (κ3) is 6.97. The fourth-order valence-electron chi connectivity index (χ4n) is 0.397. The van der Waals surface area contributed by atoms with Crippen molar-refractivity contribution in [3.63, 3.8) is 0 Å². The summed E-state index contributed by atoms with van der Waals surface area (Å²) < 4.78 is 57.8. The summed E-state index contributed by atoms with van der Waals surface area (Å²) in [6.07, 6.45) is 0. The van der Waals surface area contributed by atoms with Crippen LogP contribution < -0.4 is 37.7 Å². The summed E-state index contributed by atoms with van der Waals surface area (Å²) in [5, 5.41) is 0. The van der Waals surface area contributed by atoms with Crippen molar-refractivity contribution in [1.82, 2.24) is 0 Å². The molecular weight excluding hydrogens is 214 g/mol. The fourth-order valence-corrected chi connectivity index (χ4v) is 2.11. The molecule has 0 saturated carbocycles. The first kappa shape index (κ1) is 19.5. The Kier molecular flexibility index (Phi) is 9.70. The van der Waals surface area contributed by atoms with Crippen molar-refractivity contribution in [2.24, 2.45) is 0 Å². The van der Waals surface area contributed by atoms with Gasteiger partial charge in [-0.3, -0.25) is 9.11 Å². The molecule has 0 aliphatic rings. The Morgan fingerprint density at radius 2 is 1.31 bits per heavy atom. The van der Waals surface area contributed by atoms with Gasteiger partial charge in [-0.2, -0.15) is 16.8 Å². The molecule has 13 heavy (non-hydrogen) atoms. The van der Waals surface area contributed by atoms with E-state index in [9.17, 15) is 16.8 Å². The summed E-state index contributed by atoms with van der Waals surface area (Å²) in [7, 11) is -9.15. The summed E-state index contributed by atoms with van der Waals surface area (Å²) in [5.74, 6) is 0. The first-order valence-corrected chi connectivity index (χ1v) is 5.15. The van der Waals surface area contributed by atoms with Crippen molar-refractivity contribution in [2.75, 3.05) is 7.11 Å². The molecule has 0 fully saturated rings. The zero-order chi connectivity index (χ0) is 9.28. The first-order valence-electron chi connectivity index (χ1n) is 2.15. The molecule has 0 saturated heterocycles. The van der Waals surface area contributed by atoms with E-state index in [-0.39, 0.29) is 40.6 Å². The molecule has 0 rings (SSSR count). The van der Waals surface area contributed by atoms with Crippen LogP contribution in [-0.4, -0.2) is 37.8 Å². The van der Waals surface area contributed by atoms with Crippen molar-refractivity contribution in [1.29, 1.82) is 0 Å². The van der Waals surface area contributed by atoms with Crippen LogP contribution in [0.1, 0.15) is 2.85 Å². The van der Waals surface area contributed by atoms with E-state index < -0.39 is 25.0 Å². The van der Waals surface area contributed by atoms with Gasteiger partial charge in [0.1, 0.15) is 0 Å². The van der Waals surface area contributed by atoms with Crippen LogP contribution in [0.15, 0.2) is 0 Å². The van der Waals surface area contributed by atoms with Crippen LogP contribution >= 0.6 is 0 Å². The molecule has 2 N–H and O–H groups in total. The van der Waals surface area contributed by atoms with Crippen LogP contribution in [0.3, 0.4) is 0 Å². The Bertz CT molecular complexity index is 293. The first-order chi connectivity index (χ1) is 4.69. The van der Waals surface area contributed by atoms with Crippen molar-refractivity contribution in [3.05, 3.63) is 0 Å². The van der Waals surface area contributed by atoms with Gasteiger partial charge >= 0.3 is 62.7 Å². The summed E-state index contributed by atoms with van der Waals surface area (Å²) in [6, 6.07) is 0. The van der Waals surface area contributed by atoms with Crippen molar-refractivity contribution >= 4 is 20.2 Å². The second-order valence-electron chi connectivity index (χ2n) is 1.55. The molecule has 11 heteroatoms. The van der Waals surface area contributed by atoms with Gasteiger partial charge in [-0.25, -0.2) is 0 Å². The Morgan fingerprint density at radius 1 is 1.08 bits per heavy atom. The molecule has 0 unspecified atom stereocenters. The van der Waals surface area contributed by atoms with Crippen LogP contribution in [0.5, 0.6) is 0 Å². The minimum atomic E-state index is -4.93. The average Bonchev–Trinajstić information content (AvgIpc) is 1.56. The van der Waals surface area contributed by atoms with Crippen LogP contribution in [0.25, 0.3) is 0 Å². The SMILES string of the molecule is COC(S(=O)(=O)O)S(=O)(=O)O.[H-].[H-].[Li+].[Li+]. The number of methoxy groups -OCH3 is 1. The van der Waals surface area contributed by atoms with Gasteiger partial charge in [-0.15, -0.1) is 0 Å². The van der Waals surface area contributed by atoms with Gasteiger partial charge in [-0.05, 0) is 0 Å². The Balaban J connectivity index is -0.0000000833. The maximum absolute atomic E-state index is 10.1. The predicted octanol–water partition coefficient (Wildman–Crippen LogP) is -7.08. The molecule has 0 aromatic heterocycles. The maximum Gasteiger partial charge on any atom is 1.00 e. The molecule has 72 valence electrons. The average molecular weight is 222 g/mol. The number of hydrogen-bond acceptors (Lipinski definition) is 5. The van der Waals surface area contributed by atoms with E-state index in [4.69, 9.17) is 9.11 Å². The van der Waals surface area contributed by atoms with E-state index in [2.05, 4.69) is 4.74 Å². The molecule has 0 aliphatic heterocycles. The molecule has 0 atom stereocenters. The summed E-state index contributed by atoms with van der Waals surface area (Å²) in [4.78, 5) is 0. The number of hydrogen-bond donors (Lipinski definition) is 2. The smallest absolute Gasteiger partial charge is 1.00 e. The second kappa shape index (κ2) is 6.46. The van der Waals surface area contributed by atoms with Gasteiger partial charge in [0, 0.05) is 7.11 Å². The van der Waals surface area contributed by atoms with Gasteiger partial charge in [-0.1, -0.05) is 0 Å². The molecule has 7 nitrogen and oxygen atoms in total.